The number of hydrogen-bond acceptors (Lipinski definition) is 12. The van der Waals surface area contributed by atoms with Gasteiger partial charge < -0.3 is 48.5 Å². The van der Waals surface area contributed by atoms with Crippen molar-refractivity contribution in [1.29, 1.82) is 0 Å². The van der Waals surface area contributed by atoms with Crippen molar-refractivity contribution in [2.24, 2.45) is 0 Å². The van der Waals surface area contributed by atoms with Crippen LogP contribution in [-0.4, -0.2) is 132 Å². The quantitative estimate of drug-likeness (QED) is 0.0903. The minimum Gasteiger partial charge on any atom is -0.434 e. The number of carbonyl (C=O) groups is 4. The lowest BCUT2D eigenvalue weighted by atomic mass is 10.1. The average molecular weight is 534 g/mol. The molecule has 0 bridgehead atoms. The molecule has 0 rings (SSSR count). The van der Waals surface area contributed by atoms with E-state index in [0.717, 1.165) is 0 Å². The Hall–Kier alpha value is -2.55. The van der Waals surface area contributed by atoms with Crippen molar-refractivity contribution < 1.29 is 57.1 Å². The fraction of sp³-hybridized carbons (Fsp3) is 0.810. The molecule has 0 heterocycles. The fourth-order valence-corrected chi connectivity index (χ4v) is 2.39. The monoisotopic (exact) mass is 534 g/mol. The summed E-state index contributed by atoms with van der Waals surface area (Å²) >= 11 is 0. The topological polar surface area (TPSA) is 166 Å². The molecular weight excluding hydrogens is 494 g/mol. The van der Waals surface area contributed by atoms with E-state index < -0.39 is 12.3 Å². The summed E-state index contributed by atoms with van der Waals surface area (Å²) in [4.78, 5) is 44.2. The number of hydrogen-bond donors (Lipinski definition) is 2. The molecule has 0 atom stereocenters. The smallest absolute Gasteiger partial charge is 0.434 e. The van der Waals surface area contributed by atoms with Crippen LogP contribution in [0.5, 0.6) is 0 Å². The first-order valence-corrected chi connectivity index (χ1v) is 12.3. The second kappa shape index (κ2) is 26.5. The van der Waals surface area contributed by atoms with E-state index in [0.29, 0.717) is 72.0 Å². The van der Waals surface area contributed by atoms with Crippen LogP contribution >= 0.6 is 0 Å². The maximum atomic E-state index is 11.5. The van der Waals surface area contributed by atoms with Gasteiger partial charge in [0.05, 0.1) is 66.1 Å². The first-order chi connectivity index (χ1) is 17.9. The Bertz CT molecular complexity index is 566. The summed E-state index contributed by atoms with van der Waals surface area (Å²) in [6.07, 6.45) is 0.347. The van der Waals surface area contributed by atoms with Crippen LogP contribution in [0.1, 0.15) is 19.3 Å². The molecule has 37 heavy (non-hydrogen) atoms. The highest BCUT2D eigenvalue weighted by Gasteiger charge is 2.05. The molecule has 0 unspecified atom stereocenters. The fourth-order valence-electron chi connectivity index (χ4n) is 2.39. The van der Waals surface area contributed by atoms with Crippen molar-refractivity contribution >= 4 is 39.6 Å². The molecule has 2 amide bonds. The van der Waals surface area contributed by atoms with Crippen molar-refractivity contribution in [2.45, 2.75) is 19.3 Å². The molecule has 2 N–H and O–H groups in total. The summed E-state index contributed by atoms with van der Waals surface area (Å²) in [7, 11) is 2.87. The Kier molecular flexibility index (Phi) is 24.7. The number of ether oxygens (including phenoxy) is 8. The molecule has 14 nitrogen and oxygen atoms in total. The van der Waals surface area contributed by atoms with Crippen molar-refractivity contribution in [1.82, 2.24) is 10.6 Å². The number of carbonyl (C=O) groups excluding carboxylic acids is 4. The van der Waals surface area contributed by atoms with Crippen molar-refractivity contribution in [3.63, 3.8) is 0 Å². The summed E-state index contributed by atoms with van der Waals surface area (Å²) < 4.78 is 40.6. The first-order valence-electron chi connectivity index (χ1n) is 12.3. The Labute approximate surface area is 219 Å². The van der Waals surface area contributed by atoms with Crippen molar-refractivity contribution in [3.8, 4) is 0 Å². The van der Waals surface area contributed by atoms with E-state index in [9.17, 15) is 19.2 Å². The van der Waals surface area contributed by atoms with Crippen LogP contribution in [0.2, 0.25) is 0 Å². The highest BCUT2D eigenvalue weighted by molar-refractivity contribution is 6.57. The van der Waals surface area contributed by atoms with Crippen LogP contribution in [0.4, 0.5) is 19.2 Å². The molecule has 0 aliphatic heterocycles. The summed E-state index contributed by atoms with van der Waals surface area (Å²) in [5.74, 6) is -0.212. The zero-order valence-corrected chi connectivity index (χ0v) is 21.9. The summed E-state index contributed by atoms with van der Waals surface area (Å²) in [5, 5.41) is 5.22. The standard InChI is InChI=1S/C21H40B2N2O12/c22-18(26)24-4-8-30-10-12-32-14-16-36-20(28)34-6-2-1-3-7-35-21(29)37-17-15-33-13-11-31-9-5-25-19(23)27/h1-17,22-23H2,(H,24,26)(H,25,27). The van der Waals surface area contributed by atoms with Gasteiger partial charge >= 0.3 is 12.3 Å². The maximum Gasteiger partial charge on any atom is 0.508 e. The molecular formula is C21H40B2N2O12. The SMILES string of the molecule is BC(=O)NCCOCCOCCOC(=O)OCCCCCOC(=O)OCCOCCOCCNC(B)=O. The second-order valence-corrected chi connectivity index (χ2v) is 7.37. The van der Waals surface area contributed by atoms with Gasteiger partial charge in [-0.25, -0.2) is 9.59 Å². The predicted molar refractivity (Wildman–Crippen MR) is 136 cm³/mol. The van der Waals surface area contributed by atoms with Crippen molar-refractivity contribution in [2.75, 3.05) is 92.4 Å². The summed E-state index contributed by atoms with van der Waals surface area (Å²) in [5.41, 5.74) is 0. The highest BCUT2D eigenvalue weighted by Crippen LogP contribution is 1.99. The molecule has 0 fully saturated rings. The molecule has 16 heteroatoms. The molecule has 0 aliphatic carbocycles. The Balaban J connectivity index is 3.29. The van der Waals surface area contributed by atoms with E-state index in [1.807, 2.05) is 0 Å². The van der Waals surface area contributed by atoms with Gasteiger partial charge in [-0.3, -0.25) is 9.59 Å². The highest BCUT2D eigenvalue weighted by atomic mass is 16.7. The number of unbranched alkanes of at least 4 members (excludes halogenated alkanes) is 2. The zero-order valence-electron chi connectivity index (χ0n) is 21.9. The molecule has 0 saturated carbocycles. The average Bonchev–Trinajstić information content (AvgIpc) is 2.85. The number of rotatable bonds is 24. The molecule has 0 spiro atoms. The molecule has 212 valence electrons. The van der Waals surface area contributed by atoms with Gasteiger partial charge in [0.1, 0.15) is 13.2 Å². The van der Waals surface area contributed by atoms with Crippen molar-refractivity contribution in [3.05, 3.63) is 0 Å². The van der Waals surface area contributed by atoms with Gasteiger partial charge in [0.2, 0.25) is 15.7 Å². The van der Waals surface area contributed by atoms with E-state index in [4.69, 9.17) is 37.9 Å². The van der Waals surface area contributed by atoms with Gasteiger partial charge in [-0.05, 0) is 19.3 Å². The molecule has 0 saturated heterocycles. The lowest BCUT2D eigenvalue weighted by Gasteiger charge is -2.08. The third-order valence-electron chi connectivity index (χ3n) is 4.11. The third-order valence-corrected chi connectivity index (χ3v) is 4.11. The zero-order chi connectivity index (χ0) is 27.4. The van der Waals surface area contributed by atoms with Crippen LogP contribution in [-0.2, 0) is 37.9 Å². The Morgan fingerprint density at radius 3 is 1.14 bits per heavy atom. The second-order valence-electron chi connectivity index (χ2n) is 7.37. The van der Waals surface area contributed by atoms with E-state index in [-0.39, 0.29) is 51.3 Å². The van der Waals surface area contributed by atoms with Crippen LogP contribution in [0.15, 0.2) is 0 Å². The minimum absolute atomic E-state index is 0.0689. The predicted octanol–water partition coefficient (Wildman–Crippen LogP) is -0.785. The van der Waals surface area contributed by atoms with Crippen LogP contribution in [0.25, 0.3) is 0 Å². The van der Waals surface area contributed by atoms with Gasteiger partial charge in [0.15, 0.2) is 11.6 Å². The Morgan fingerprint density at radius 1 is 0.432 bits per heavy atom. The van der Waals surface area contributed by atoms with E-state index in [2.05, 4.69) is 10.6 Å². The van der Waals surface area contributed by atoms with Gasteiger partial charge in [-0.1, -0.05) is 0 Å². The van der Waals surface area contributed by atoms with Gasteiger partial charge in [0.25, 0.3) is 0 Å². The summed E-state index contributed by atoms with van der Waals surface area (Å²) in [6, 6.07) is 0. The molecule has 0 aromatic carbocycles. The van der Waals surface area contributed by atoms with Crippen LogP contribution in [0.3, 0.4) is 0 Å². The minimum atomic E-state index is -0.770. The third kappa shape index (κ3) is 29.6. The van der Waals surface area contributed by atoms with E-state index in [1.54, 1.807) is 0 Å². The van der Waals surface area contributed by atoms with E-state index in [1.165, 1.54) is 15.7 Å². The van der Waals surface area contributed by atoms with Gasteiger partial charge in [-0.15, -0.1) is 0 Å². The van der Waals surface area contributed by atoms with Gasteiger partial charge in [-0.2, -0.15) is 0 Å². The van der Waals surface area contributed by atoms with Crippen LogP contribution in [0, 0.1) is 0 Å². The summed E-state index contributed by atoms with van der Waals surface area (Å²) in [6.45, 7) is 4.11. The van der Waals surface area contributed by atoms with E-state index >= 15 is 0 Å². The molecule has 0 radical (unpaired) electrons. The number of amides is 2. The van der Waals surface area contributed by atoms with Crippen LogP contribution < -0.4 is 10.6 Å². The normalized spacial score (nSPS) is 10.4. The molecule has 0 aliphatic rings. The maximum absolute atomic E-state index is 11.5. The lowest BCUT2D eigenvalue weighted by Crippen LogP contribution is -2.26. The molecule has 0 aromatic rings. The Morgan fingerprint density at radius 2 is 0.757 bits per heavy atom. The molecule has 0 aromatic heterocycles. The first kappa shape index (κ1) is 34.4. The lowest BCUT2D eigenvalue weighted by molar-refractivity contribution is 0.00793. The van der Waals surface area contributed by atoms with Gasteiger partial charge in [0, 0.05) is 13.1 Å². The number of nitrogens with one attached hydrogen (secondary N) is 2. The largest absolute Gasteiger partial charge is 0.508 e.